The average Bonchev–Trinajstić information content (AvgIpc) is 2.94. The van der Waals surface area contributed by atoms with Crippen LogP contribution in [0.4, 0.5) is 0 Å². The standard InChI is InChI=1S/C15H18N6O/c1-11-8-20(9-12(2)22-11)10-15-17-18-19-21(15)14-5-3-4-13(6-14)7-16/h3-6,11-12H,8-10H2,1-2H3/t11-,12+. The summed E-state index contributed by atoms with van der Waals surface area (Å²) in [6, 6.07) is 9.40. The molecule has 2 atom stereocenters. The van der Waals surface area contributed by atoms with Crippen LogP contribution in [0, 0.1) is 11.3 Å². The summed E-state index contributed by atoms with van der Waals surface area (Å²) in [5.74, 6) is 0.761. The van der Waals surface area contributed by atoms with Crippen molar-refractivity contribution < 1.29 is 4.74 Å². The van der Waals surface area contributed by atoms with Crippen molar-refractivity contribution in [3.05, 3.63) is 35.7 Å². The van der Waals surface area contributed by atoms with Gasteiger partial charge in [-0.15, -0.1) is 5.10 Å². The average molecular weight is 298 g/mol. The number of aromatic nitrogens is 4. The largest absolute Gasteiger partial charge is 0.373 e. The van der Waals surface area contributed by atoms with Crippen molar-refractivity contribution in [2.45, 2.75) is 32.6 Å². The predicted octanol–water partition coefficient (Wildman–Crippen LogP) is 1.14. The molecule has 2 aromatic rings. The summed E-state index contributed by atoms with van der Waals surface area (Å²) in [6.45, 7) is 6.51. The molecule has 1 aliphatic heterocycles. The Balaban J connectivity index is 1.81. The highest BCUT2D eigenvalue weighted by atomic mass is 16.5. The number of nitrogens with zero attached hydrogens (tertiary/aromatic N) is 6. The molecule has 114 valence electrons. The van der Waals surface area contributed by atoms with Crippen LogP contribution < -0.4 is 0 Å². The van der Waals surface area contributed by atoms with Crippen molar-refractivity contribution in [3.63, 3.8) is 0 Å². The summed E-state index contributed by atoms with van der Waals surface area (Å²) in [5.41, 5.74) is 1.39. The number of hydrogen-bond acceptors (Lipinski definition) is 6. The molecule has 0 saturated carbocycles. The van der Waals surface area contributed by atoms with Crippen molar-refractivity contribution in [2.24, 2.45) is 0 Å². The van der Waals surface area contributed by atoms with Crippen LogP contribution in [0.15, 0.2) is 24.3 Å². The number of hydrogen-bond donors (Lipinski definition) is 0. The van der Waals surface area contributed by atoms with Crippen LogP contribution in [0.3, 0.4) is 0 Å². The molecule has 0 amide bonds. The van der Waals surface area contributed by atoms with Gasteiger partial charge in [-0.25, -0.2) is 0 Å². The first kappa shape index (κ1) is 14.6. The van der Waals surface area contributed by atoms with Gasteiger partial charge in [0.25, 0.3) is 0 Å². The van der Waals surface area contributed by atoms with Crippen LogP contribution in [0.1, 0.15) is 25.2 Å². The number of rotatable bonds is 3. The van der Waals surface area contributed by atoms with Crippen molar-refractivity contribution in [2.75, 3.05) is 13.1 Å². The molecule has 0 unspecified atom stereocenters. The molecule has 0 aliphatic carbocycles. The second-order valence-corrected chi connectivity index (χ2v) is 5.62. The molecule has 0 bridgehead atoms. The minimum absolute atomic E-state index is 0.204. The van der Waals surface area contributed by atoms with Crippen LogP contribution >= 0.6 is 0 Å². The molecular weight excluding hydrogens is 280 g/mol. The van der Waals surface area contributed by atoms with Gasteiger partial charge in [0.1, 0.15) is 0 Å². The fourth-order valence-corrected chi connectivity index (χ4v) is 2.83. The highest BCUT2D eigenvalue weighted by molar-refractivity contribution is 5.40. The van der Waals surface area contributed by atoms with E-state index in [9.17, 15) is 0 Å². The predicted molar refractivity (Wildman–Crippen MR) is 79.2 cm³/mol. The lowest BCUT2D eigenvalue weighted by Gasteiger charge is -2.34. The Morgan fingerprint density at radius 1 is 1.32 bits per heavy atom. The minimum atomic E-state index is 0.204. The van der Waals surface area contributed by atoms with E-state index in [1.807, 2.05) is 12.1 Å². The smallest absolute Gasteiger partial charge is 0.170 e. The van der Waals surface area contributed by atoms with Crippen LogP contribution in [0.25, 0.3) is 5.69 Å². The molecule has 7 nitrogen and oxygen atoms in total. The maximum absolute atomic E-state index is 9.02. The first-order valence-corrected chi connectivity index (χ1v) is 7.31. The van der Waals surface area contributed by atoms with Crippen molar-refractivity contribution in [1.82, 2.24) is 25.1 Å². The van der Waals surface area contributed by atoms with E-state index in [0.717, 1.165) is 24.6 Å². The zero-order chi connectivity index (χ0) is 15.5. The van der Waals surface area contributed by atoms with Crippen LogP contribution in [0.2, 0.25) is 0 Å². The van der Waals surface area contributed by atoms with E-state index in [0.29, 0.717) is 12.1 Å². The highest BCUT2D eigenvalue weighted by Gasteiger charge is 2.24. The van der Waals surface area contributed by atoms with E-state index in [1.165, 1.54) is 0 Å². The van der Waals surface area contributed by atoms with Gasteiger partial charge >= 0.3 is 0 Å². The van der Waals surface area contributed by atoms with E-state index in [1.54, 1.807) is 16.8 Å². The molecule has 1 aliphatic rings. The van der Waals surface area contributed by atoms with Gasteiger partial charge in [0.05, 0.1) is 36.1 Å². The van der Waals surface area contributed by atoms with Crippen LogP contribution in [0.5, 0.6) is 0 Å². The summed E-state index contributed by atoms with van der Waals surface area (Å²) < 4.78 is 7.43. The third kappa shape index (κ3) is 3.13. The van der Waals surface area contributed by atoms with Crippen molar-refractivity contribution in [1.29, 1.82) is 5.26 Å². The second-order valence-electron chi connectivity index (χ2n) is 5.62. The second kappa shape index (κ2) is 6.22. The maximum atomic E-state index is 9.02. The highest BCUT2D eigenvalue weighted by Crippen LogP contribution is 2.15. The van der Waals surface area contributed by atoms with Gasteiger partial charge in [0.15, 0.2) is 5.82 Å². The fraction of sp³-hybridized carbons (Fsp3) is 0.467. The van der Waals surface area contributed by atoms with Gasteiger partial charge in [0.2, 0.25) is 0 Å². The van der Waals surface area contributed by atoms with Gasteiger partial charge in [-0.2, -0.15) is 9.94 Å². The summed E-state index contributed by atoms with van der Waals surface area (Å²) in [4.78, 5) is 2.29. The van der Waals surface area contributed by atoms with Gasteiger partial charge in [-0.05, 0) is 42.5 Å². The Hall–Kier alpha value is -2.30. The van der Waals surface area contributed by atoms with Crippen LogP contribution in [-0.4, -0.2) is 50.4 Å². The molecular formula is C15H18N6O. The summed E-state index contributed by atoms with van der Waals surface area (Å²) in [7, 11) is 0. The normalized spacial score (nSPS) is 22.4. The minimum Gasteiger partial charge on any atom is -0.373 e. The SMILES string of the molecule is C[C@@H]1CN(Cc2nnnn2-c2cccc(C#N)c2)C[C@H](C)O1. The van der Waals surface area contributed by atoms with E-state index in [4.69, 9.17) is 10.00 Å². The Kier molecular flexibility index (Phi) is 4.13. The molecule has 0 spiro atoms. The van der Waals surface area contributed by atoms with E-state index in [2.05, 4.69) is 40.3 Å². The monoisotopic (exact) mass is 298 g/mol. The first-order chi connectivity index (χ1) is 10.7. The molecule has 1 fully saturated rings. The summed E-state index contributed by atoms with van der Waals surface area (Å²) in [6.07, 6.45) is 0.407. The van der Waals surface area contributed by atoms with E-state index in [-0.39, 0.29) is 12.2 Å². The molecule has 1 aromatic carbocycles. The third-order valence-electron chi connectivity index (χ3n) is 3.61. The number of nitriles is 1. The molecule has 0 N–H and O–H groups in total. The van der Waals surface area contributed by atoms with Crippen LogP contribution in [-0.2, 0) is 11.3 Å². The topological polar surface area (TPSA) is 79.9 Å². The molecule has 0 radical (unpaired) electrons. The summed E-state index contributed by atoms with van der Waals surface area (Å²) >= 11 is 0. The lowest BCUT2D eigenvalue weighted by atomic mass is 10.2. The van der Waals surface area contributed by atoms with Crippen molar-refractivity contribution >= 4 is 0 Å². The van der Waals surface area contributed by atoms with Gasteiger partial charge in [-0.3, -0.25) is 4.90 Å². The first-order valence-electron chi connectivity index (χ1n) is 7.31. The van der Waals surface area contributed by atoms with Crippen molar-refractivity contribution in [3.8, 4) is 11.8 Å². The lowest BCUT2D eigenvalue weighted by molar-refractivity contribution is -0.0712. The molecule has 22 heavy (non-hydrogen) atoms. The number of benzene rings is 1. The lowest BCUT2D eigenvalue weighted by Crippen LogP contribution is -2.45. The number of tetrazole rings is 1. The quantitative estimate of drug-likeness (QED) is 0.845. The summed E-state index contributed by atoms with van der Waals surface area (Å²) in [5, 5.41) is 21.0. The molecule has 7 heteroatoms. The maximum Gasteiger partial charge on any atom is 0.170 e. The number of morpholine rings is 1. The zero-order valence-corrected chi connectivity index (χ0v) is 12.7. The molecule has 1 aromatic heterocycles. The zero-order valence-electron chi connectivity index (χ0n) is 12.7. The van der Waals surface area contributed by atoms with E-state index >= 15 is 0 Å². The third-order valence-corrected chi connectivity index (χ3v) is 3.61. The van der Waals surface area contributed by atoms with Gasteiger partial charge in [-0.1, -0.05) is 6.07 Å². The van der Waals surface area contributed by atoms with Gasteiger partial charge in [0, 0.05) is 13.1 Å². The molecule has 3 rings (SSSR count). The van der Waals surface area contributed by atoms with Gasteiger partial charge < -0.3 is 4.74 Å². The van der Waals surface area contributed by atoms with E-state index < -0.39 is 0 Å². The molecule has 2 heterocycles. The molecule has 1 saturated heterocycles. The Bertz CT molecular complexity index is 681. The Morgan fingerprint density at radius 2 is 2.09 bits per heavy atom. The Morgan fingerprint density at radius 3 is 2.82 bits per heavy atom. The fourth-order valence-electron chi connectivity index (χ4n) is 2.83. The Labute approximate surface area is 129 Å². The number of ether oxygens (including phenoxy) is 1.